The van der Waals surface area contributed by atoms with Crippen molar-refractivity contribution >= 4 is 40.1 Å². The predicted octanol–water partition coefficient (Wildman–Crippen LogP) is 3.95. The summed E-state index contributed by atoms with van der Waals surface area (Å²) in [6.07, 6.45) is 0.0895. The summed E-state index contributed by atoms with van der Waals surface area (Å²) in [7, 11) is 0. The lowest BCUT2D eigenvalue weighted by molar-refractivity contribution is -0.122. The molecule has 146 valence electrons. The molecule has 2 N–H and O–H groups in total. The zero-order valence-electron chi connectivity index (χ0n) is 16.1. The number of rotatable bonds is 6. The van der Waals surface area contributed by atoms with Gasteiger partial charge in [-0.2, -0.15) is 0 Å². The summed E-state index contributed by atoms with van der Waals surface area (Å²) in [5.74, 6) is 0.380. The minimum atomic E-state index is -0.494. The molecule has 1 aliphatic rings. The van der Waals surface area contributed by atoms with Crippen molar-refractivity contribution < 1.29 is 14.3 Å². The van der Waals surface area contributed by atoms with Crippen LogP contribution in [0.3, 0.4) is 0 Å². The second-order valence-electron chi connectivity index (χ2n) is 6.44. The predicted molar refractivity (Wildman–Crippen MR) is 113 cm³/mol. The molecule has 0 saturated carbocycles. The average Bonchev–Trinajstić information content (AvgIpc) is 3.00. The highest BCUT2D eigenvalue weighted by molar-refractivity contribution is 8.15. The standard InChI is InChI=1S/C21H23N3O3S/c1-4-27-16-10-8-15(9-11-16)22-21-24-20(26)18(28-21)12-19(25)23-17-7-5-6-13(2)14(17)3/h5-11,18H,4,12H2,1-3H3,(H,23,25)(H,22,24,26)/t18-/m1/s1. The van der Waals surface area contributed by atoms with Gasteiger partial charge in [-0.25, -0.2) is 4.99 Å². The monoisotopic (exact) mass is 397 g/mol. The number of nitrogens with zero attached hydrogens (tertiary/aromatic N) is 1. The van der Waals surface area contributed by atoms with Crippen LogP contribution in [0.2, 0.25) is 0 Å². The van der Waals surface area contributed by atoms with E-state index in [0.29, 0.717) is 17.5 Å². The van der Waals surface area contributed by atoms with E-state index in [4.69, 9.17) is 4.74 Å². The molecule has 3 rings (SSSR count). The van der Waals surface area contributed by atoms with Crippen LogP contribution in [0.1, 0.15) is 24.5 Å². The summed E-state index contributed by atoms with van der Waals surface area (Å²) in [5.41, 5.74) is 3.62. The fourth-order valence-electron chi connectivity index (χ4n) is 2.75. The summed E-state index contributed by atoms with van der Waals surface area (Å²) in [6, 6.07) is 13.1. The number of aryl methyl sites for hydroxylation is 1. The molecule has 0 aromatic heterocycles. The fraction of sp³-hybridized carbons (Fsp3) is 0.286. The molecular weight excluding hydrogens is 374 g/mol. The topological polar surface area (TPSA) is 79.8 Å². The number of carbonyl (C=O) groups excluding carboxylic acids is 2. The molecule has 1 saturated heterocycles. The first kappa shape index (κ1) is 19.9. The lowest BCUT2D eigenvalue weighted by Crippen LogP contribution is -2.28. The molecule has 1 fully saturated rings. The molecule has 0 spiro atoms. The van der Waals surface area contributed by atoms with E-state index in [0.717, 1.165) is 22.6 Å². The Labute approximate surface area is 168 Å². The third kappa shape index (κ3) is 4.92. The zero-order valence-corrected chi connectivity index (χ0v) is 16.9. The number of aliphatic imine (C=N–C) groups is 1. The van der Waals surface area contributed by atoms with E-state index in [9.17, 15) is 9.59 Å². The Morgan fingerprint density at radius 1 is 1.21 bits per heavy atom. The number of amides is 2. The van der Waals surface area contributed by atoms with Crippen molar-refractivity contribution in [3.05, 3.63) is 53.6 Å². The van der Waals surface area contributed by atoms with Crippen LogP contribution in [-0.4, -0.2) is 28.8 Å². The maximum Gasteiger partial charge on any atom is 0.240 e. The van der Waals surface area contributed by atoms with E-state index in [-0.39, 0.29) is 18.2 Å². The molecule has 1 atom stereocenters. The highest BCUT2D eigenvalue weighted by Crippen LogP contribution is 2.27. The van der Waals surface area contributed by atoms with Crippen LogP contribution in [-0.2, 0) is 9.59 Å². The highest BCUT2D eigenvalue weighted by atomic mass is 32.2. The molecule has 6 nitrogen and oxygen atoms in total. The van der Waals surface area contributed by atoms with E-state index >= 15 is 0 Å². The molecule has 0 bridgehead atoms. The summed E-state index contributed by atoms with van der Waals surface area (Å²) >= 11 is 1.27. The van der Waals surface area contributed by atoms with E-state index in [2.05, 4.69) is 15.6 Å². The van der Waals surface area contributed by atoms with Crippen molar-refractivity contribution in [2.45, 2.75) is 32.4 Å². The summed E-state index contributed by atoms with van der Waals surface area (Å²) in [6.45, 7) is 6.49. The first-order valence-electron chi connectivity index (χ1n) is 9.11. The van der Waals surface area contributed by atoms with E-state index in [1.165, 1.54) is 11.8 Å². The Kier molecular flexibility index (Phi) is 6.36. The Balaban J connectivity index is 1.61. The van der Waals surface area contributed by atoms with Crippen LogP contribution in [0.25, 0.3) is 0 Å². The lowest BCUT2D eigenvalue weighted by atomic mass is 10.1. The van der Waals surface area contributed by atoms with E-state index < -0.39 is 5.25 Å². The number of nitrogens with one attached hydrogen (secondary N) is 2. The van der Waals surface area contributed by atoms with Crippen LogP contribution < -0.4 is 15.4 Å². The number of hydrogen-bond donors (Lipinski definition) is 2. The van der Waals surface area contributed by atoms with Gasteiger partial charge in [-0.05, 0) is 62.2 Å². The molecule has 2 aromatic rings. The van der Waals surface area contributed by atoms with Gasteiger partial charge in [-0.15, -0.1) is 0 Å². The van der Waals surface area contributed by atoms with Gasteiger partial charge >= 0.3 is 0 Å². The SMILES string of the molecule is CCOc1ccc(N=C2NC(=O)[C@@H](CC(=O)Nc3cccc(C)c3C)S2)cc1. The van der Waals surface area contributed by atoms with Crippen molar-refractivity contribution in [3.8, 4) is 5.75 Å². The molecule has 1 aliphatic heterocycles. The van der Waals surface area contributed by atoms with Gasteiger partial charge in [-0.1, -0.05) is 23.9 Å². The Morgan fingerprint density at radius 3 is 2.68 bits per heavy atom. The van der Waals surface area contributed by atoms with Gasteiger partial charge in [0.1, 0.15) is 11.0 Å². The number of amidine groups is 1. The minimum Gasteiger partial charge on any atom is -0.494 e. The fourth-order valence-corrected chi connectivity index (χ4v) is 3.74. The van der Waals surface area contributed by atoms with Gasteiger partial charge in [0.2, 0.25) is 11.8 Å². The normalized spacial score (nSPS) is 17.5. The Morgan fingerprint density at radius 2 is 1.96 bits per heavy atom. The molecule has 0 unspecified atom stereocenters. The summed E-state index contributed by atoms with van der Waals surface area (Å²) in [5, 5.41) is 5.64. The summed E-state index contributed by atoms with van der Waals surface area (Å²) in [4.78, 5) is 29.0. The third-order valence-corrected chi connectivity index (χ3v) is 5.49. The second kappa shape index (κ2) is 8.93. The van der Waals surface area contributed by atoms with Gasteiger partial charge in [0.25, 0.3) is 0 Å². The molecule has 7 heteroatoms. The summed E-state index contributed by atoms with van der Waals surface area (Å²) < 4.78 is 5.41. The van der Waals surface area contributed by atoms with Gasteiger partial charge in [0.05, 0.1) is 12.3 Å². The molecule has 2 aromatic carbocycles. The zero-order chi connectivity index (χ0) is 20.1. The van der Waals surface area contributed by atoms with Crippen molar-refractivity contribution in [3.63, 3.8) is 0 Å². The van der Waals surface area contributed by atoms with Crippen LogP contribution in [0.15, 0.2) is 47.5 Å². The van der Waals surface area contributed by atoms with Crippen molar-refractivity contribution in [2.24, 2.45) is 4.99 Å². The maximum absolute atomic E-state index is 12.4. The number of carbonyl (C=O) groups is 2. The van der Waals surface area contributed by atoms with Gasteiger partial charge in [0.15, 0.2) is 5.17 Å². The Bertz CT molecular complexity index is 910. The lowest BCUT2D eigenvalue weighted by Gasteiger charge is -2.11. The van der Waals surface area contributed by atoms with Gasteiger partial charge in [0, 0.05) is 12.1 Å². The molecule has 28 heavy (non-hydrogen) atoms. The third-order valence-electron chi connectivity index (χ3n) is 4.40. The maximum atomic E-state index is 12.4. The number of hydrogen-bond acceptors (Lipinski definition) is 5. The molecule has 2 amide bonds. The van der Waals surface area contributed by atoms with Crippen LogP contribution in [0.5, 0.6) is 5.75 Å². The first-order chi connectivity index (χ1) is 13.5. The van der Waals surface area contributed by atoms with E-state index in [1.807, 2.05) is 63.2 Å². The van der Waals surface area contributed by atoms with Crippen LogP contribution >= 0.6 is 11.8 Å². The number of thioether (sulfide) groups is 1. The second-order valence-corrected chi connectivity index (χ2v) is 7.63. The van der Waals surface area contributed by atoms with E-state index in [1.54, 1.807) is 0 Å². The number of anilines is 1. The van der Waals surface area contributed by atoms with Crippen molar-refractivity contribution in [1.82, 2.24) is 5.32 Å². The average molecular weight is 398 g/mol. The van der Waals surface area contributed by atoms with Gasteiger partial charge in [-0.3, -0.25) is 9.59 Å². The number of ether oxygens (including phenoxy) is 1. The van der Waals surface area contributed by atoms with Crippen molar-refractivity contribution in [1.29, 1.82) is 0 Å². The van der Waals surface area contributed by atoms with Gasteiger partial charge < -0.3 is 15.4 Å². The minimum absolute atomic E-state index is 0.0895. The molecular formula is C21H23N3O3S. The largest absolute Gasteiger partial charge is 0.494 e. The highest BCUT2D eigenvalue weighted by Gasteiger charge is 2.32. The Hall–Kier alpha value is -2.80. The molecule has 0 aliphatic carbocycles. The van der Waals surface area contributed by atoms with Crippen LogP contribution in [0.4, 0.5) is 11.4 Å². The number of benzene rings is 2. The van der Waals surface area contributed by atoms with Crippen LogP contribution in [0, 0.1) is 13.8 Å². The smallest absolute Gasteiger partial charge is 0.240 e. The molecule has 0 radical (unpaired) electrons. The quantitative estimate of drug-likeness (QED) is 0.773. The molecule has 1 heterocycles. The van der Waals surface area contributed by atoms with Crippen molar-refractivity contribution in [2.75, 3.05) is 11.9 Å². The first-order valence-corrected chi connectivity index (χ1v) is 9.99.